The number of hydrogen-bond acceptors (Lipinski definition) is 5. The van der Waals surface area contributed by atoms with Crippen LogP contribution in [0.1, 0.15) is 245 Å². The molecule has 9 heteroatoms. The third-order valence-electron chi connectivity index (χ3n) is 11.9. The lowest BCUT2D eigenvalue weighted by Crippen LogP contribution is -2.46. The monoisotopic (exact) mass is 832 g/mol. The van der Waals surface area contributed by atoms with Gasteiger partial charge in [-0.2, -0.15) is 0 Å². The van der Waals surface area contributed by atoms with E-state index in [2.05, 4.69) is 26.1 Å². The Labute approximate surface area is 355 Å². The molecule has 0 heterocycles. The van der Waals surface area contributed by atoms with Crippen molar-refractivity contribution in [1.29, 1.82) is 0 Å². The molecule has 0 rings (SSSR count). The number of nitrogens with one attached hydrogen (secondary N) is 1. The van der Waals surface area contributed by atoms with Crippen molar-refractivity contribution in [2.45, 2.75) is 258 Å². The minimum absolute atomic E-state index is 0.0776. The first-order valence-corrected chi connectivity index (χ1v) is 26.3. The summed E-state index contributed by atoms with van der Waals surface area (Å²) in [5.74, 6) is 0.696. The van der Waals surface area contributed by atoms with Gasteiger partial charge < -0.3 is 19.8 Å². The lowest BCUT2D eigenvalue weighted by Gasteiger charge is -2.26. The average Bonchev–Trinajstić information content (AvgIpc) is 3.16. The highest BCUT2D eigenvalue weighted by atomic mass is 31.2. The van der Waals surface area contributed by atoms with E-state index in [-0.39, 0.29) is 19.1 Å². The topological polar surface area (TPSA) is 105 Å². The summed E-state index contributed by atoms with van der Waals surface area (Å²) in [7, 11) is 1.63. The number of quaternary nitrogens is 1. The van der Waals surface area contributed by atoms with Gasteiger partial charge in [0, 0.05) is 6.42 Å². The zero-order valence-electron chi connectivity index (χ0n) is 39.0. The van der Waals surface area contributed by atoms with Gasteiger partial charge in [0.1, 0.15) is 13.2 Å². The first-order chi connectivity index (χ1) is 27.4. The lowest BCUT2D eigenvalue weighted by molar-refractivity contribution is -0.870. The summed E-state index contributed by atoms with van der Waals surface area (Å²) < 4.78 is 23.7. The van der Waals surface area contributed by atoms with Crippen molar-refractivity contribution >= 4 is 13.7 Å². The number of amides is 1. The molecule has 0 aliphatic rings. The van der Waals surface area contributed by atoms with Gasteiger partial charge in [0.05, 0.1) is 39.9 Å². The number of phosphoric ester groups is 1. The molecular weight excluding hydrogens is 732 g/mol. The second-order valence-corrected chi connectivity index (χ2v) is 20.3. The van der Waals surface area contributed by atoms with Crippen LogP contribution in [0.25, 0.3) is 0 Å². The van der Waals surface area contributed by atoms with Crippen LogP contribution >= 0.6 is 7.82 Å². The normalized spacial score (nSPS) is 14.7. The molecule has 342 valence electrons. The van der Waals surface area contributed by atoms with E-state index in [1.54, 1.807) is 0 Å². The van der Waals surface area contributed by atoms with Gasteiger partial charge in [-0.3, -0.25) is 13.8 Å². The molecule has 0 aliphatic carbocycles. The highest BCUT2D eigenvalue weighted by Crippen LogP contribution is 2.43. The maximum Gasteiger partial charge on any atom is 0.472 e. The number of hydrogen-bond donors (Lipinski definition) is 3. The van der Waals surface area contributed by atoms with Crippen LogP contribution in [0, 0.1) is 5.92 Å². The molecule has 0 aromatic rings. The van der Waals surface area contributed by atoms with Crippen LogP contribution in [0.5, 0.6) is 0 Å². The second kappa shape index (κ2) is 39.6. The Morgan fingerprint density at radius 3 is 1.33 bits per heavy atom. The molecule has 1 amide bonds. The summed E-state index contributed by atoms with van der Waals surface area (Å²) in [5.41, 5.74) is 0. The van der Waals surface area contributed by atoms with Crippen LogP contribution in [0.2, 0.25) is 0 Å². The summed E-state index contributed by atoms with van der Waals surface area (Å²) in [6, 6.07) is -0.755. The highest BCUT2D eigenvalue weighted by Gasteiger charge is 2.28. The van der Waals surface area contributed by atoms with E-state index >= 15 is 0 Å². The summed E-state index contributed by atoms with van der Waals surface area (Å²) in [6.45, 7) is 7.26. The Morgan fingerprint density at radius 2 is 0.947 bits per heavy atom. The van der Waals surface area contributed by atoms with Gasteiger partial charge in [-0.05, 0) is 18.8 Å². The largest absolute Gasteiger partial charge is 0.472 e. The van der Waals surface area contributed by atoms with Gasteiger partial charge in [0.15, 0.2) is 0 Å². The smallest absolute Gasteiger partial charge is 0.391 e. The predicted octanol–water partition coefficient (Wildman–Crippen LogP) is 14.0. The van der Waals surface area contributed by atoms with Crippen molar-refractivity contribution in [3.63, 3.8) is 0 Å². The fourth-order valence-corrected chi connectivity index (χ4v) is 8.29. The first kappa shape index (κ1) is 56.5. The molecule has 0 saturated carbocycles. The third-order valence-corrected chi connectivity index (χ3v) is 12.9. The van der Waals surface area contributed by atoms with Crippen LogP contribution < -0.4 is 5.32 Å². The van der Waals surface area contributed by atoms with Gasteiger partial charge in [0.25, 0.3) is 0 Å². The molecular formula is C48H100N2O6P+. The van der Waals surface area contributed by atoms with Crippen LogP contribution in [-0.2, 0) is 18.4 Å². The zero-order valence-corrected chi connectivity index (χ0v) is 39.9. The van der Waals surface area contributed by atoms with Crippen LogP contribution in [-0.4, -0.2) is 73.4 Å². The molecule has 0 radical (unpaired) electrons. The molecule has 57 heavy (non-hydrogen) atoms. The molecule has 0 spiro atoms. The molecule has 8 nitrogen and oxygen atoms in total. The van der Waals surface area contributed by atoms with E-state index in [1.807, 2.05) is 21.1 Å². The van der Waals surface area contributed by atoms with E-state index in [0.717, 1.165) is 44.4 Å². The third kappa shape index (κ3) is 42.0. The van der Waals surface area contributed by atoms with Crippen molar-refractivity contribution < 1.29 is 32.9 Å². The van der Waals surface area contributed by atoms with Crippen molar-refractivity contribution in [2.24, 2.45) is 5.92 Å². The molecule has 2 unspecified atom stereocenters. The molecule has 0 aliphatic heterocycles. The fraction of sp³-hybridized carbons (Fsp3) is 0.979. The Kier molecular flexibility index (Phi) is 39.3. The molecule has 0 aromatic heterocycles. The Balaban J connectivity index is 4.15. The average molecular weight is 832 g/mol. The van der Waals surface area contributed by atoms with E-state index < -0.39 is 20.0 Å². The quantitative estimate of drug-likeness (QED) is 0.0321. The number of carbonyl (C=O) groups is 1. The van der Waals surface area contributed by atoms with Gasteiger partial charge in [-0.15, -0.1) is 0 Å². The standard InChI is InChI=1S/C48H99N2O6P/c1-7-9-10-11-12-13-14-15-16-17-18-19-20-21-22-23-24-25-26-27-32-35-38-41-48(52)49-46(44-56-57(53,54)55-43-42-50(4,5)6)47(51)40-37-34-31-29-28-30-33-36-39-45(3)8-2/h45-47,51H,7-44H2,1-6H3,(H-,49,52,53,54)/p+1/t45?,46-,47+/m0/s1. The van der Waals surface area contributed by atoms with E-state index in [9.17, 15) is 19.4 Å². The highest BCUT2D eigenvalue weighted by molar-refractivity contribution is 7.47. The number of carbonyl (C=O) groups excluding carboxylic acids is 1. The number of aliphatic hydroxyl groups excluding tert-OH is 1. The van der Waals surface area contributed by atoms with E-state index in [0.29, 0.717) is 23.9 Å². The van der Waals surface area contributed by atoms with Gasteiger partial charge >= 0.3 is 7.82 Å². The van der Waals surface area contributed by atoms with Crippen molar-refractivity contribution in [2.75, 3.05) is 40.9 Å². The van der Waals surface area contributed by atoms with Crippen molar-refractivity contribution in [3.05, 3.63) is 0 Å². The number of likely N-dealkylation sites (N-methyl/N-ethyl adjacent to an activating group) is 1. The minimum Gasteiger partial charge on any atom is -0.391 e. The predicted molar refractivity (Wildman–Crippen MR) is 245 cm³/mol. The lowest BCUT2D eigenvalue weighted by atomic mass is 9.99. The van der Waals surface area contributed by atoms with Crippen LogP contribution in [0.4, 0.5) is 0 Å². The molecule has 4 atom stereocenters. The Morgan fingerprint density at radius 1 is 0.579 bits per heavy atom. The fourth-order valence-electron chi connectivity index (χ4n) is 7.55. The maximum absolute atomic E-state index is 12.9. The molecule has 0 bridgehead atoms. The summed E-state index contributed by atoms with van der Waals surface area (Å²) in [6.07, 6.45) is 42.8. The molecule has 3 N–H and O–H groups in total. The summed E-state index contributed by atoms with van der Waals surface area (Å²) in [4.78, 5) is 23.2. The Hall–Kier alpha value is -0.500. The number of unbranched alkanes of at least 4 members (excludes halogenated alkanes) is 29. The molecule has 0 aromatic carbocycles. The van der Waals surface area contributed by atoms with Crippen LogP contribution in [0.3, 0.4) is 0 Å². The van der Waals surface area contributed by atoms with Crippen LogP contribution in [0.15, 0.2) is 0 Å². The maximum atomic E-state index is 12.9. The van der Waals surface area contributed by atoms with Crippen molar-refractivity contribution in [3.8, 4) is 0 Å². The van der Waals surface area contributed by atoms with Gasteiger partial charge in [-0.25, -0.2) is 4.57 Å². The second-order valence-electron chi connectivity index (χ2n) is 18.8. The number of phosphoric acid groups is 1. The Bertz CT molecular complexity index is 916. The van der Waals surface area contributed by atoms with Gasteiger partial charge in [0.2, 0.25) is 5.91 Å². The summed E-state index contributed by atoms with van der Waals surface area (Å²) in [5, 5.41) is 14.0. The SMILES string of the molecule is CCCCCCCCCCCCCCCCCCCCCCCCCC(=O)N[C@@H](COP(=O)(O)OCC[N+](C)(C)C)[C@H](O)CCCCCCCCCCC(C)CC. The van der Waals surface area contributed by atoms with E-state index in [1.165, 1.54) is 173 Å². The number of rotatable bonds is 45. The molecule has 0 saturated heterocycles. The van der Waals surface area contributed by atoms with Gasteiger partial charge in [-0.1, -0.05) is 226 Å². The van der Waals surface area contributed by atoms with Crippen molar-refractivity contribution in [1.82, 2.24) is 5.32 Å². The first-order valence-electron chi connectivity index (χ1n) is 24.8. The number of aliphatic hydroxyl groups is 1. The minimum atomic E-state index is -4.31. The number of nitrogens with zero attached hydrogens (tertiary/aromatic N) is 1. The zero-order chi connectivity index (χ0) is 42.3. The van der Waals surface area contributed by atoms with E-state index in [4.69, 9.17) is 9.05 Å². The molecule has 0 fully saturated rings. The summed E-state index contributed by atoms with van der Waals surface area (Å²) >= 11 is 0.